The Kier molecular flexibility index (Phi) is 5.32. The Morgan fingerprint density at radius 3 is 2.83 bits per heavy atom. The van der Waals surface area contributed by atoms with Gasteiger partial charge in [0.1, 0.15) is 6.17 Å². The molecule has 2 rings (SSSR count). The minimum atomic E-state index is -0.955. The van der Waals surface area contributed by atoms with Crippen molar-refractivity contribution in [1.82, 2.24) is 0 Å². The molecule has 0 saturated carbocycles. The summed E-state index contributed by atoms with van der Waals surface area (Å²) in [7, 11) is 0. The van der Waals surface area contributed by atoms with Gasteiger partial charge >= 0.3 is 0 Å². The number of nitrogens with one attached hydrogen (secondary N) is 1. The molecule has 0 heterocycles. The lowest BCUT2D eigenvalue weighted by Gasteiger charge is -2.15. The molecule has 1 aromatic carbocycles. The molecule has 3 heteroatoms. The van der Waals surface area contributed by atoms with Crippen LogP contribution in [-0.4, -0.2) is 11.9 Å². The molecule has 1 aliphatic carbocycles. The number of allylic oxidation sites excluding steroid dienone is 6. The molecule has 0 bridgehead atoms. The van der Waals surface area contributed by atoms with Gasteiger partial charge in [-0.25, -0.2) is 4.39 Å². The van der Waals surface area contributed by atoms with Crippen LogP contribution in [0.4, 0.5) is 4.39 Å². The number of alkyl halides is 1. The van der Waals surface area contributed by atoms with E-state index in [4.69, 9.17) is 11.1 Å². The lowest BCUT2D eigenvalue weighted by Crippen LogP contribution is -2.08. The molecule has 0 aromatic heterocycles. The van der Waals surface area contributed by atoms with Crippen LogP contribution in [0.5, 0.6) is 0 Å². The zero-order valence-electron chi connectivity index (χ0n) is 13.7. The van der Waals surface area contributed by atoms with Crippen LogP contribution in [0.2, 0.25) is 0 Å². The average molecular weight is 310 g/mol. The monoisotopic (exact) mass is 310 g/mol. The van der Waals surface area contributed by atoms with E-state index >= 15 is 0 Å². The number of nitrogens with two attached hydrogens (primary N) is 1. The van der Waals surface area contributed by atoms with Gasteiger partial charge in [0.2, 0.25) is 0 Å². The molecule has 1 aliphatic rings. The van der Waals surface area contributed by atoms with Crippen LogP contribution < -0.4 is 5.73 Å². The van der Waals surface area contributed by atoms with Crippen LogP contribution in [0.3, 0.4) is 0 Å². The van der Waals surface area contributed by atoms with E-state index in [9.17, 15) is 4.39 Å². The molecule has 23 heavy (non-hydrogen) atoms. The van der Waals surface area contributed by atoms with Gasteiger partial charge in [-0.05, 0) is 47.8 Å². The molecule has 120 valence electrons. The largest absolute Gasteiger partial charge is 0.398 e. The highest BCUT2D eigenvalue weighted by atomic mass is 19.1. The first-order valence-electron chi connectivity index (χ1n) is 7.80. The topological polar surface area (TPSA) is 49.9 Å². The normalized spacial score (nSPS) is 17.8. The van der Waals surface area contributed by atoms with E-state index in [1.807, 2.05) is 25.1 Å². The van der Waals surface area contributed by atoms with Crippen LogP contribution in [-0.2, 0) is 0 Å². The van der Waals surface area contributed by atoms with Gasteiger partial charge in [-0.3, -0.25) is 0 Å². The Morgan fingerprint density at radius 1 is 1.48 bits per heavy atom. The maximum Gasteiger partial charge on any atom is 0.122 e. The highest BCUT2D eigenvalue weighted by Gasteiger charge is 2.13. The van der Waals surface area contributed by atoms with Crippen LogP contribution in [0, 0.1) is 12.3 Å². The van der Waals surface area contributed by atoms with E-state index in [0.717, 1.165) is 28.7 Å². The highest BCUT2D eigenvalue weighted by Crippen LogP contribution is 2.27. The molecule has 0 aliphatic heterocycles. The minimum Gasteiger partial charge on any atom is -0.398 e. The van der Waals surface area contributed by atoms with Gasteiger partial charge in [-0.15, -0.1) is 0 Å². The smallest absolute Gasteiger partial charge is 0.122 e. The summed E-state index contributed by atoms with van der Waals surface area (Å²) in [5.41, 5.74) is 11.8. The summed E-state index contributed by atoms with van der Waals surface area (Å²) in [4.78, 5) is 0. The standard InChI is InChI=1S/C20H23FN2/c1-4-13(2)17-7-5-6-14(3)20(17)19(23)12-18(22)15-8-10-16(21)11-9-15/h5-10,12,16,22H,2,4,11,23H2,1,3H3. The van der Waals surface area contributed by atoms with Crippen LogP contribution in [0.1, 0.15) is 36.5 Å². The first kappa shape index (κ1) is 16.9. The second-order valence-corrected chi connectivity index (χ2v) is 5.74. The Bertz CT molecular complexity index is 723. The fourth-order valence-corrected chi connectivity index (χ4v) is 2.64. The van der Waals surface area contributed by atoms with Crippen molar-refractivity contribution in [1.29, 1.82) is 5.41 Å². The Balaban J connectivity index is 2.37. The predicted molar refractivity (Wildman–Crippen MR) is 97.1 cm³/mol. The maximum absolute atomic E-state index is 13.1. The fourth-order valence-electron chi connectivity index (χ4n) is 2.64. The average Bonchev–Trinajstić information content (AvgIpc) is 2.54. The molecule has 0 saturated heterocycles. The number of hydrogen-bond donors (Lipinski definition) is 2. The fraction of sp³-hybridized carbons (Fsp3) is 0.250. The predicted octanol–water partition coefficient (Wildman–Crippen LogP) is 4.96. The van der Waals surface area contributed by atoms with Gasteiger partial charge in [0.15, 0.2) is 0 Å². The van der Waals surface area contributed by atoms with Gasteiger partial charge < -0.3 is 11.1 Å². The summed E-state index contributed by atoms with van der Waals surface area (Å²) in [6, 6.07) is 5.99. The molecule has 1 unspecified atom stereocenters. The van der Waals surface area contributed by atoms with E-state index in [0.29, 0.717) is 23.4 Å². The van der Waals surface area contributed by atoms with Gasteiger partial charge in [0.05, 0.1) is 5.71 Å². The van der Waals surface area contributed by atoms with Crippen LogP contribution in [0.25, 0.3) is 11.3 Å². The SMILES string of the molecule is C=C(CC)c1cccc(C)c1C(N)=CC(=N)C1=CCC(F)C=C1. The molecular weight excluding hydrogens is 287 g/mol. The number of aryl methyl sites for hydroxylation is 1. The van der Waals surface area contributed by atoms with Crippen molar-refractivity contribution in [2.45, 2.75) is 32.9 Å². The van der Waals surface area contributed by atoms with Gasteiger partial charge in [-0.2, -0.15) is 0 Å². The maximum atomic E-state index is 13.1. The lowest BCUT2D eigenvalue weighted by atomic mass is 9.92. The third-order valence-electron chi connectivity index (χ3n) is 4.03. The zero-order valence-corrected chi connectivity index (χ0v) is 13.7. The third-order valence-corrected chi connectivity index (χ3v) is 4.03. The van der Waals surface area contributed by atoms with Crippen molar-refractivity contribution in [3.05, 3.63) is 71.3 Å². The minimum absolute atomic E-state index is 0.293. The van der Waals surface area contributed by atoms with Crippen molar-refractivity contribution >= 4 is 17.0 Å². The van der Waals surface area contributed by atoms with Gasteiger partial charge in [0, 0.05) is 17.7 Å². The summed E-state index contributed by atoms with van der Waals surface area (Å²) >= 11 is 0. The Labute approximate surface area is 137 Å². The molecule has 2 nitrogen and oxygen atoms in total. The number of benzene rings is 1. The van der Waals surface area contributed by atoms with Crippen molar-refractivity contribution in [3.63, 3.8) is 0 Å². The second kappa shape index (κ2) is 7.23. The Hall–Kier alpha value is -2.42. The van der Waals surface area contributed by atoms with Gasteiger partial charge in [0.25, 0.3) is 0 Å². The van der Waals surface area contributed by atoms with E-state index in [-0.39, 0.29) is 0 Å². The first-order valence-corrected chi connectivity index (χ1v) is 7.80. The zero-order chi connectivity index (χ0) is 17.0. The van der Waals surface area contributed by atoms with Crippen molar-refractivity contribution in [2.75, 3.05) is 0 Å². The molecular formula is C20H23FN2. The molecule has 0 spiro atoms. The van der Waals surface area contributed by atoms with E-state index in [1.54, 1.807) is 18.2 Å². The summed E-state index contributed by atoms with van der Waals surface area (Å²) in [5.74, 6) is 0. The van der Waals surface area contributed by atoms with Gasteiger partial charge in [-0.1, -0.05) is 43.9 Å². The summed E-state index contributed by atoms with van der Waals surface area (Å²) in [6.45, 7) is 8.16. The summed E-state index contributed by atoms with van der Waals surface area (Å²) < 4.78 is 13.1. The van der Waals surface area contributed by atoms with Crippen molar-refractivity contribution in [2.24, 2.45) is 5.73 Å². The van der Waals surface area contributed by atoms with E-state index in [1.165, 1.54) is 6.08 Å². The molecule has 1 atom stereocenters. The number of hydrogen-bond acceptors (Lipinski definition) is 2. The highest BCUT2D eigenvalue weighted by molar-refractivity contribution is 6.12. The number of rotatable bonds is 5. The number of halogens is 1. The van der Waals surface area contributed by atoms with E-state index in [2.05, 4.69) is 13.5 Å². The quantitative estimate of drug-likeness (QED) is 0.742. The third kappa shape index (κ3) is 3.86. The molecule has 1 aromatic rings. The summed E-state index contributed by atoms with van der Waals surface area (Å²) in [6.07, 6.45) is 6.70. The summed E-state index contributed by atoms with van der Waals surface area (Å²) in [5, 5.41) is 8.20. The first-order chi connectivity index (χ1) is 10.9. The van der Waals surface area contributed by atoms with E-state index < -0.39 is 6.17 Å². The lowest BCUT2D eigenvalue weighted by molar-refractivity contribution is 0.401. The molecule has 0 amide bonds. The molecule has 3 N–H and O–H groups in total. The van der Waals surface area contributed by atoms with Crippen molar-refractivity contribution in [3.8, 4) is 0 Å². The second-order valence-electron chi connectivity index (χ2n) is 5.74. The van der Waals surface area contributed by atoms with Crippen LogP contribution >= 0.6 is 0 Å². The van der Waals surface area contributed by atoms with Crippen molar-refractivity contribution < 1.29 is 4.39 Å². The molecule has 0 radical (unpaired) electrons. The Morgan fingerprint density at radius 2 is 2.22 bits per heavy atom. The van der Waals surface area contributed by atoms with Crippen LogP contribution in [0.15, 0.2) is 54.7 Å². The molecule has 0 fully saturated rings.